The van der Waals surface area contributed by atoms with Gasteiger partial charge in [-0.2, -0.15) is 0 Å². The van der Waals surface area contributed by atoms with Gasteiger partial charge >= 0.3 is 0 Å². The fourth-order valence-electron chi connectivity index (χ4n) is 1.90. The van der Waals surface area contributed by atoms with Crippen LogP contribution in [0.1, 0.15) is 18.3 Å². The summed E-state index contributed by atoms with van der Waals surface area (Å²) >= 11 is 0. The van der Waals surface area contributed by atoms with Crippen LogP contribution in [-0.2, 0) is 13.0 Å². The van der Waals surface area contributed by atoms with Crippen molar-refractivity contribution in [1.82, 2.24) is 19.4 Å². The summed E-state index contributed by atoms with van der Waals surface area (Å²) < 4.78 is 2.05. The molecule has 0 radical (unpaired) electrons. The van der Waals surface area contributed by atoms with Crippen LogP contribution in [0.3, 0.4) is 0 Å². The monoisotopic (exact) mass is 241 g/mol. The summed E-state index contributed by atoms with van der Waals surface area (Å²) in [6, 6.07) is 4.06. The molecule has 0 fully saturated rings. The van der Waals surface area contributed by atoms with E-state index in [9.17, 15) is 0 Å². The van der Waals surface area contributed by atoms with Crippen LogP contribution in [0.5, 0.6) is 0 Å². The second kappa shape index (κ2) is 4.52. The Morgan fingerprint density at radius 1 is 1.33 bits per heavy atom. The van der Waals surface area contributed by atoms with E-state index in [-0.39, 0.29) is 0 Å². The van der Waals surface area contributed by atoms with Crippen LogP contribution in [0, 0.1) is 0 Å². The number of rotatable bonds is 4. The summed E-state index contributed by atoms with van der Waals surface area (Å²) in [5.41, 5.74) is 4.23. The van der Waals surface area contributed by atoms with Crippen LogP contribution < -0.4 is 5.32 Å². The zero-order valence-corrected chi connectivity index (χ0v) is 10.2. The molecule has 0 amide bonds. The zero-order valence-electron chi connectivity index (χ0n) is 10.2. The molecule has 3 rings (SSSR count). The van der Waals surface area contributed by atoms with Crippen LogP contribution in [0.25, 0.3) is 5.65 Å². The average molecular weight is 241 g/mol. The molecule has 0 aliphatic carbocycles. The van der Waals surface area contributed by atoms with Crippen molar-refractivity contribution in [2.45, 2.75) is 19.9 Å². The van der Waals surface area contributed by atoms with Gasteiger partial charge in [-0.1, -0.05) is 6.92 Å². The first-order valence-electron chi connectivity index (χ1n) is 6.04. The largest absolute Gasteiger partial charge is 0.378 e. The Morgan fingerprint density at radius 3 is 3.06 bits per heavy atom. The number of imidazole rings is 2. The third-order valence-electron chi connectivity index (χ3n) is 2.90. The Morgan fingerprint density at radius 2 is 2.28 bits per heavy atom. The Kier molecular flexibility index (Phi) is 2.72. The highest BCUT2D eigenvalue weighted by molar-refractivity contribution is 5.50. The van der Waals surface area contributed by atoms with Crippen LogP contribution >= 0.6 is 0 Å². The predicted molar refractivity (Wildman–Crippen MR) is 70.5 cm³/mol. The number of hydrogen-bond donors (Lipinski definition) is 2. The van der Waals surface area contributed by atoms with Crippen molar-refractivity contribution in [3.05, 3.63) is 48.4 Å². The Hall–Kier alpha value is -2.30. The molecule has 5 heteroatoms. The van der Waals surface area contributed by atoms with Crippen LogP contribution in [0.15, 0.2) is 37.1 Å². The lowest BCUT2D eigenvalue weighted by Crippen LogP contribution is -2.00. The first-order valence-corrected chi connectivity index (χ1v) is 6.04. The lowest BCUT2D eigenvalue weighted by atomic mass is 10.4. The second-order valence-electron chi connectivity index (χ2n) is 4.20. The number of aromatic amines is 1. The number of pyridine rings is 1. The third kappa shape index (κ3) is 2.07. The standard InChI is InChI=1S/C13H15N5/c1-2-10-7-18-8-11(3-4-13(18)17-10)15-6-12-5-14-9-16-12/h3-5,7-9,15H,2,6H2,1H3,(H,14,16). The zero-order chi connectivity index (χ0) is 12.4. The molecule has 3 aromatic heterocycles. The summed E-state index contributed by atoms with van der Waals surface area (Å²) in [4.78, 5) is 11.6. The van der Waals surface area contributed by atoms with E-state index in [0.717, 1.165) is 35.7 Å². The average Bonchev–Trinajstić information content (AvgIpc) is 3.04. The molecule has 0 saturated heterocycles. The Labute approximate surface area is 105 Å². The first kappa shape index (κ1) is 10.8. The van der Waals surface area contributed by atoms with E-state index in [2.05, 4.69) is 39.6 Å². The molecule has 0 atom stereocenters. The van der Waals surface area contributed by atoms with Gasteiger partial charge in [-0.3, -0.25) is 0 Å². The number of nitrogens with one attached hydrogen (secondary N) is 2. The number of hydrogen-bond acceptors (Lipinski definition) is 3. The molecule has 0 saturated carbocycles. The Balaban J connectivity index is 1.80. The van der Waals surface area contributed by atoms with Crippen molar-refractivity contribution in [1.29, 1.82) is 0 Å². The van der Waals surface area contributed by atoms with E-state index in [4.69, 9.17) is 0 Å². The molecule has 18 heavy (non-hydrogen) atoms. The van der Waals surface area contributed by atoms with Crippen molar-refractivity contribution in [3.63, 3.8) is 0 Å². The van der Waals surface area contributed by atoms with E-state index >= 15 is 0 Å². The summed E-state index contributed by atoms with van der Waals surface area (Å²) in [7, 11) is 0. The number of aromatic nitrogens is 4. The SMILES string of the molecule is CCc1cn2cc(NCc3cnc[nH]3)ccc2n1. The van der Waals surface area contributed by atoms with Gasteiger partial charge in [0.25, 0.3) is 0 Å². The molecule has 3 aromatic rings. The van der Waals surface area contributed by atoms with Crippen molar-refractivity contribution < 1.29 is 0 Å². The highest BCUT2D eigenvalue weighted by Gasteiger charge is 2.01. The molecule has 2 N–H and O–H groups in total. The van der Waals surface area contributed by atoms with Gasteiger partial charge in [-0.25, -0.2) is 9.97 Å². The maximum Gasteiger partial charge on any atom is 0.137 e. The van der Waals surface area contributed by atoms with Gasteiger partial charge in [0.2, 0.25) is 0 Å². The van der Waals surface area contributed by atoms with Gasteiger partial charge in [-0.05, 0) is 18.6 Å². The van der Waals surface area contributed by atoms with Crippen molar-refractivity contribution >= 4 is 11.3 Å². The van der Waals surface area contributed by atoms with E-state index in [0.29, 0.717) is 0 Å². The normalized spacial score (nSPS) is 10.9. The first-order chi connectivity index (χ1) is 8.85. The molecular weight excluding hydrogens is 226 g/mol. The summed E-state index contributed by atoms with van der Waals surface area (Å²) in [5, 5.41) is 3.35. The van der Waals surface area contributed by atoms with E-state index in [1.807, 2.05) is 22.7 Å². The molecule has 0 aliphatic rings. The molecule has 0 aliphatic heterocycles. The summed E-state index contributed by atoms with van der Waals surface area (Å²) in [6.07, 6.45) is 8.58. The number of H-pyrrole nitrogens is 1. The predicted octanol–water partition coefficient (Wildman–Crippen LogP) is 2.23. The van der Waals surface area contributed by atoms with Gasteiger partial charge < -0.3 is 14.7 Å². The van der Waals surface area contributed by atoms with Gasteiger partial charge in [-0.15, -0.1) is 0 Å². The summed E-state index contributed by atoms with van der Waals surface area (Å²) in [6.45, 7) is 2.85. The minimum absolute atomic E-state index is 0.737. The number of anilines is 1. The topological polar surface area (TPSA) is 58.0 Å². The van der Waals surface area contributed by atoms with Crippen molar-refractivity contribution in [3.8, 4) is 0 Å². The quantitative estimate of drug-likeness (QED) is 0.736. The highest BCUT2D eigenvalue weighted by Crippen LogP contribution is 2.12. The Bertz CT molecular complexity index is 639. The van der Waals surface area contributed by atoms with E-state index in [1.54, 1.807) is 6.33 Å². The van der Waals surface area contributed by atoms with E-state index in [1.165, 1.54) is 0 Å². The fourth-order valence-corrected chi connectivity index (χ4v) is 1.90. The van der Waals surface area contributed by atoms with Crippen molar-refractivity contribution in [2.75, 3.05) is 5.32 Å². The third-order valence-corrected chi connectivity index (χ3v) is 2.90. The molecule has 0 bridgehead atoms. The van der Waals surface area contributed by atoms with E-state index < -0.39 is 0 Å². The van der Waals surface area contributed by atoms with Crippen LogP contribution in [0.2, 0.25) is 0 Å². The van der Waals surface area contributed by atoms with Gasteiger partial charge in [0.15, 0.2) is 0 Å². The lowest BCUT2D eigenvalue weighted by molar-refractivity contribution is 1.06. The maximum atomic E-state index is 4.50. The van der Waals surface area contributed by atoms with Gasteiger partial charge in [0.05, 0.1) is 29.9 Å². The minimum atomic E-state index is 0.737. The smallest absolute Gasteiger partial charge is 0.137 e. The molecular formula is C13H15N5. The van der Waals surface area contributed by atoms with Crippen LogP contribution in [-0.4, -0.2) is 19.4 Å². The number of aryl methyl sites for hydroxylation is 1. The molecule has 3 heterocycles. The molecule has 0 aromatic carbocycles. The molecule has 5 nitrogen and oxygen atoms in total. The molecule has 0 spiro atoms. The van der Waals surface area contributed by atoms with Crippen LogP contribution in [0.4, 0.5) is 5.69 Å². The van der Waals surface area contributed by atoms with Gasteiger partial charge in [0.1, 0.15) is 5.65 Å². The van der Waals surface area contributed by atoms with Crippen molar-refractivity contribution in [2.24, 2.45) is 0 Å². The molecule has 92 valence electrons. The fraction of sp³-hybridized carbons (Fsp3) is 0.231. The highest BCUT2D eigenvalue weighted by atomic mass is 15.0. The summed E-state index contributed by atoms with van der Waals surface area (Å²) in [5.74, 6) is 0. The maximum absolute atomic E-state index is 4.50. The number of fused-ring (bicyclic) bond motifs is 1. The second-order valence-corrected chi connectivity index (χ2v) is 4.20. The minimum Gasteiger partial charge on any atom is -0.378 e. The van der Waals surface area contributed by atoms with Gasteiger partial charge in [0, 0.05) is 18.6 Å². The lowest BCUT2D eigenvalue weighted by Gasteiger charge is -2.05. The number of nitrogens with zero attached hydrogens (tertiary/aromatic N) is 3. The molecule has 0 unspecified atom stereocenters.